The van der Waals surface area contributed by atoms with Crippen LogP contribution in [0.1, 0.15) is 27.7 Å². The smallest absolute Gasteiger partial charge is 0.399 e. The second-order valence-corrected chi connectivity index (χ2v) is 9.63. The maximum Gasteiger partial charge on any atom is 0.496 e. The van der Waals surface area contributed by atoms with Gasteiger partial charge in [-0.3, -0.25) is 0 Å². The zero-order chi connectivity index (χ0) is 19.0. The molecule has 136 valence electrons. The number of thiophene rings is 1. The predicted molar refractivity (Wildman–Crippen MR) is 118 cm³/mol. The van der Waals surface area contributed by atoms with Gasteiger partial charge in [-0.05, 0) is 44.5 Å². The number of benzene rings is 3. The third-order valence-electron chi connectivity index (χ3n) is 6.00. The second kappa shape index (κ2) is 5.71. The van der Waals surface area contributed by atoms with Crippen LogP contribution in [0.2, 0.25) is 5.02 Å². The van der Waals surface area contributed by atoms with Crippen molar-refractivity contribution < 1.29 is 9.31 Å². The third kappa shape index (κ3) is 2.47. The highest BCUT2D eigenvalue weighted by Gasteiger charge is 2.52. The molecule has 0 spiro atoms. The number of fused-ring (bicyclic) bond motifs is 5. The van der Waals surface area contributed by atoms with E-state index in [1.807, 2.05) is 6.07 Å². The van der Waals surface area contributed by atoms with E-state index in [9.17, 15) is 0 Å². The molecule has 0 N–H and O–H groups in total. The lowest BCUT2D eigenvalue weighted by atomic mass is 9.78. The average molecular weight is 395 g/mol. The molecule has 27 heavy (non-hydrogen) atoms. The van der Waals surface area contributed by atoms with Crippen LogP contribution in [0.25, 0.3) is 30.9 Å². The van der Waals surface area contributed by atoms with E-state index in [4.69, 9.17) is 20.9 Å². The molecule has 0 unspecified atom stereocenters. The minimum atomic E-state index is -0.456. The van der Waals surface area contributed by atoms with Gasteiger partial charge in [-0.1, -0.05) is 54.1 Å². The Kier molecular flexibility index (Phi) is 3.70. The molecule has 0 atom stereocenters. The first-order chi connectivity index (χ1) is 12.8. The van der Waals surface area contributed by atoms with Gasteiger partial charge in [-0.15, -0.1) is 11.3 Å². The van der Waals surface area contributed by atoms with Crippen LogP contribution in [0, 0.1) is 0 Å². The van der Waals surface area contributed by atoms with Crippen LogP contribution in [0.15, 0.2) is 48.5 Å². The molecule has 0 aliphatic carbocycles. The summed E-state index contributed by atoms with van der Waals surface area (Å²) in [5.41, 5.74) is 0.127. The van der Waals surface area contributed by atoms with Crippen LogP contribution in [0.3, 0.4) is 0 Å². The van der Waals surface area contributed by atoms with Crippen LogP contribution in [-0.2, 0) is 9.31 Å². The largest absolute Gasteiger partial charge is 0.496 e. The molecule has 0 saturated carbocycles. The summed E-state index contributed by atoms with van der Waals surface area (Å²) in [5, 5.41) is 5.53. The van der Waals surface area contributed by atoms with E-state index < -0.39 is 7.12 Å². The second-order valence-electron chi connectivity index (χ2n) is 8.20. The highest BCUT2D eigenvalue weighted by molar-refractivity contribution is 7.26. The fraction of sp³-hybridized carbons (Fsp3) is 0.273. The Balaban J connectivity index is 1.74. The van der Waals surface area contributed by atoms with E-state index in [2.05, 4.69) is 70.2 Å². The van der Waals surface area contributed by atoms with E-state index in [0.717, 1.165) is 15.9 Å². The molecular formula is C22H20BClO2S. The Hall–Kier alpha value is -1.59. The quantitative estimate of drug-likeness (QED) is 0.360. The number of hydrogen-bond acceptors (Lipinski definition) is 3. The highest BCUT2D eigenvalue weighted by atomic mass is 35.5. The van der Waals surface area contributed by atoms with Crippen LogP contribution < -0.4 is 5.46 Å². The zero-order valence-electron chi connectivity index (χ0n) is 15.8. The Morgan fingerprint density at radius 2 is 1.56 bits per heavy atom. The van der Waals surface area contributed by atoms with E-state index in [-0.39, 0.29) is 11.2 Å². The van der Waals surface area contributed by atoms with E-state index >= 15 is 0 Å². The van der Waals surface area contributed by atoms with Crippen molar-refractivity contribution in [2.24, 2.45) is 0 Å². The fourth-order valence-corrected chi connectivity index (χ4v) is 5.38. The molecule has 5 rings (SSSR count). The van der Waals surface area contributed by atoms with Crippen molar-refractivity contribution in [1.82, 2.24) is 0 Å². The van der Waals surface area contributed by atoms with Gasteiger partial charge in [0.1, 0.15) is 0 Å². The molecule has 1 saturated heterocycles. The Bertz CT molecular complexity index is 1200. The van der Waals surface area contributed by atoms with Crippen molar-refractivity contribution in [3.05, 3.63) is 53.6 Å². The van der Waals surface area contributed by atoms with Crippen LogP contribution in [0.4, 0.5) is 0 Å². The summed E-state index contributed by atoms with van der Waals surface area (Å²) >= 11 is 8.72. The van der Waals surface area contributed by atoms with Crippen molar-refractivity contribution in [2.75, 3.05) is 0 Å². The summed E-state index contributed by atoms with van der Waals surface area (Å²) in [7, 11) is -0.456. The van der Waals surface area contributed by atoms with E-state index in [1.165, 1.54) is 25.6 Å². The maximum atomic E-state index is 6.93. The summed E-state index contributed by atoms with van der Waals surface area (Å²) in [6.45, 7) is 8.24. The summed E-state index contributed by atoms with van der Waals surface area (Å²) in [6, 6.07) is 17.0. The van der Waals surface area contributed by atoms with Gasteiger partial charge in [0.25, 0.3) is 0 Å². The van der Waals surface area contributed by atoms with Crippen LogP contribution in [0.5, 0.6) is 0 Å². The summed E-state index contributed by atoms with van der Waals surface area (Å²) < 4.78 is 14.9. The lowest BCUT2D eigenvalue weighted by Gasteiger charge is -2.32. The number of hydrogen-bond donors (Lipinski definition) is 0. The first kappa shape index (κ1) is 17.5. The van der Waals surface area contributed by atoms with Crippen molar-refractivity contribution in [1.29, 1.82) is 0 Å². The molecule has 1 aromatic heterocycles. The maximum absolute atomic E-state index is 6.93. The molecule has 1 aliphatic rings. The molecule has 1 aliphatic heterocycles. The van der Waals surface area contributed by atoms with Gasteiger partial charge >= 0.3 is 7.12 Å². The van der Waals surface area contributed by atoms with Crippen molar-refractivity contribution in [3.63, 3.8) is 0 Å². The predicted octanol–water partition coefficient (Wildman–Crippen LogP) is 6.16. The minimum Gasteiger partial charge on any atom is -0.399 e. The van der Waals surface area contributed by atoms with Crippen LogP contribution >= 0.6 is 22.9 Å². The van der Waals surface area contributed by atoms with E-state index in [1.54, 1.807) is 11.3 Å². The first-order valence-electron chi connectivity index (χ1n) is 9.16. The molecule has 5 heteroatoms. The SMILES string of the molecule is CC1(C)OB(c2ccc3sc4c5ccccc5ccc4c3c2Cl)OC1(C)C. The highest BCUT2D eigenvalue weighted by Crippen LogP contribution is 2.42. The third-order valence-corrected chi connectivity index (χ3v) is 7.61. The Morgan fingerprint density at radius 3 is 2.30 bits per heavy atom. The summed E-state index contributed by atoms with van der Waals surface area (Å²) in [6.07, 6.45) is 0. The summed E-state index contributed by atoms with van der Waals surface area (Å²) in [5.74, 6) is 0. The molecule has 0 amide bonds. The standard InChI is InChI=1S/C22H20BClO2S/c1-21(2)22(3,4)26-23(25-21)16-11-12-17-18(19(16)24)15-10-9-13-7-5-6-8-14(13)20(15)27-17/h5-12H,1-4H3. The van der Waals surface area contributed by atoms with Crippen molar-refractivity contribution in [2.45, 2.75) is 38.9 Å². The number of halogens is 1. The normalized spacial score (nSPS) is 18.8. The van der Waals surface area contributed by atoms with Gasteiger partial charge in [-0.2, -0.15) is 0 Å². The molecule has 3 aromatic carbocycles. The molecule has 0 bridgehead atoms. The fourth-order valence-electron chi connectivity index (χ4n) is 3.72. The molecule has 4 aromatic rings. The monoisotopic (exact) mass is 394 g/mol. The minimum absolute atomic E-state index is 0.386. The summed E-state index contributed by atoms with van der Waals surface area (Å²) in [4.78, 5) is 0. The molecule has 2 heterocycles. The van der Waals surface area contributed by atoms with Gasteiger partial charge in [0.05, 0.1) is 11.2 Å². The Morgan fingerprint density at radius 1 is 0.852 bits per heavy atom. The Labute approximate surface area is 168 Å². The van der Waals surface area contributed by atoms with Gasteiger partial charge in [0, 0.05) is 30.7 Å². The van der Waals surface area contributed by atoms with Crippen LogP contribution in [-0.4, -0.2) is 18.3 Å². The molecular weight excluding hydrogens is 375 g/mol. The average Bonchev–Trinajstić information content (AvgIpc) is 3.10. The van der Waals surface area contributed by atoms with Crippen molar-refractivity contribution >= 4 is 66.5 Å². The molecule has 2 nitrogen and oxygen atoms in total. The topological polar surface area (TPSA) is 18.5 Å². The van der Waals surface area contributed by atoms with E-state index in [0.29, 0.717) is 0 Å². The lowest BCUT2D eigenvalue weighted by Crippen LogP contribution is -2.41. The van der Waals surface area contributed by atoms with Gasteiger partial charge in [0.15, 0.2) is 0 Å². The van der Waals surface area contributed by atoms with Crippen molar-refractivity contribution in [3.8, 4) is 0 Å². The lowest BCUT2D eigenvalue weighted by molar-refractivity contribution is 0.00578. The molecule has 1 fully saturated rings. The molecule has 0 radical (unpaired) electrons. The van der Waals surface area contributed by atoms with Gasteiger partial charge in [0.2, 0.25) is 0 Å². The number of rotatable bonds is 1. The van der Waals surface area contributed by atoms with Gasteiger partial charge in [-0.25, -0.2) is 0 Å². The zero-order valence-corrected chi connectivity index (χ0v) is 17.4. The van der Waals surface area contributed by atoms with Gasteiger partial charge < -0.3 is 9.31 Å². The first-order valence-corrected chi connectivity index (χ1v) is 10.4.